The van der Waals surface area contributed by atoms with Crippen LogP contribution in [0.3, 0.4) is 0 Å². The zero-order chi connectivity index (χ0) is 16.2. The van der Waals surface area contributed by atoms with E-state index < -0.39 is 23.7 Å². The number of aliphatic hydroxyl groups is 1. The number of aliphatic hydroxyl groups excluding tert-OH is 1. The predicted octanol–water partition coefficient (Wildman–Crippen LogP) is 3.06. The molecule has 0 aliphatic carbocycles. The van der Waals surface area contributed by atoms with Gasteiger partial charge in [0.05, 0.1) is 17.4 Å². The Morgan fingerprint density at radius 2 is 1.82 bits per heavy atom. The van der Waals surface area contributed by atoms with Crippen LogP contribution < -0.4 is 5.32 Å². The summed E-state index contributed by atoms with van der Waals surface area (Å²) < 4.78 is 51.1. The molecule has 0 saturated carbocycles. The summed E-state index contributed by atoms with van der Waals surface area (Å²) in [6, 6.07) is 7.44. The van der Waals surface area contributed by atoms with Crippen molar-refractivity contribution in [3.05, 3.63) is 65.2 Å². The van der Waals surface area contributed by atoms with E-state index in [4.69, 9.17) is 0 Å². The van der Waals surface area contributed by atoms with Gasteiger partial charge in [0.15, 0.2) is 0 Å². The molecule has 1 aromatic carbocycles. The quantitative estimate of drug-likeness (QED) is 0.834. The van der Waals surface area contributed by atoms with Crippen LogP contribution in [0.1, 0.15) is 22.9 Å². The minimum Gasteiger partial charge on any atom is -0.387 e. The summed E-state index contributed by atoms with van der Waals surface area (Å²) in [5, 5.41) is 12.6. The summed E-state index contributed by atoms with van der Waals surface area (Å²) in [4.78, 5) is 3.71. The van der Waals surface area contributed by atoms with E-state index in [1.54, 1.807) is 0 Å². The minimum atomic E-state index is -4.47. The van der Waals surface area contributed by atoms with E-state index in [1.807, 2.05) is 0 Å². The Kier molecular flexibility index (Phi) is 5.10. The molecule has 0 amide bonds. The molecule has 2 rings (SSSR count). The third-order valence-electron chi connectivity index (χ3n) is 3.08. The molecule has 0 spiro atoms. The first-order valence-corrected chi connectivity index (χ1v) is 6.53. The first-order valence-electron chi connectivity index (χ1n) is 6.53. The van der Waals surface area contributed by atoms with Crippen molar-refractivity contribution in [2.75, 3.05) is 6.54 Å². The molecule has 1 atom stereocenters. The molecular weight excluding hydrogens is 300 g/mol. The van der Waals surface area contributed by atoms with E-state index in [0.29, 0.717) is 5.56 Å². The zero-order valence-electron chi connectivity index (χ0n) is 11.4. The van der Waals surface area contributed by atoms with Crippen molar-refractivity contribution in [1.29, 1.82) is 0 Å². The smallest absolute Gasteiger partial charge is 0.387 e. The lowest BCUT2D eigenvalue weighted by molar-refractivity contribution is -0.138. The van der Waals surface area contributed by atoms with Gasteiger partial charge in [0.25, 0.3) is 0 Å². The fourth-order valence-corrected chi connectivity index (χ4v) is 1.97. The SMILES string of the molecule is OC(CNCc1ncccc1C(F)(F)F)c1ccc(F)cc1. The summed E-state index contributed by atoms with van der Waals surface area (Å²) in [6.07, 6.45) is -4.14. The van der Waals surface area contributed by atoms with E-state index >= 15 is 0 Å². The predicted molar refractivity (Wildman–Crippen MR) is 72.3 cm³/mol. The second-order valence-electron chi connectivity index (χ2n) is 4.69. The van der Waals surface area contributed by atoms with Gasteiger partial charge >= 0.3 is 6.18 Å². The monoisotopic (exact) mass is 314 g/mol. The molecule has 3 nitrogen and oxygen atoms in total. The van der Waals surface area contributed by atoms with E-state index in [2.05, 4.69) is 10.3 Å². The molecule has 1 unspecified atom stereocenters. The largest absolute Gasteiger partial charge is 0.418 e. The van der Waals surface area contributed by atoms with Gasteiger partial charge in [0.2, 0.25) is 0 Å². The van der Waals surface area contributed by atoms with Gasteiger partial charge in [0.1, 0.15) is 5.82 Å². The first kappa shape index (κ1) is 16.4. The van der Waals surface area contributed by atoms with Crippen molar-refractivity contribution < 1.29 is 22.7 Å². The lowest BCUT2D eigenvalue weighted by atomic mass is 10.1. The average molecular weight is 314 g/mol. The van der Waals surface area contributed by atoms with Crippen LogP contribution in [0.25, 0.3) is 0 Å². The van der Waals surface area contributed by atoms with Gasteiger partial charge in [0, 0.05) is 19.3 Å². The molecule has 118 valence electrons. The zero-order valence-corrected chi connectivity index (χ0v) is 11.4. The normalized spacial score (nSPS) is 13.1. The van der Waals surface area contributed by atoms with Crippen LogP contribution in [0.15, 0.2) is 42.6 Å². The molecule has 22 heavy (non-hydrogen) atoms. The van der Waals surface area contributed by atoms with Crippen molar-refractivity contribution in [3.63, 3.8) is 0 Å². The lowest BCUT2D eigenvalue weighted by Gasteiger charge is -2.14. The van der Waals surface area contributed by atoms with Crippen LogP contribution in [-0.2, 0) is 12.7 Å². The van der Waals surface area contributed by atoms with Crippen LogP contribution in [0.5, 0.6) is 0 Å². The highest BCUT2D eigenvalue weighted by molar-refractivity contribution is 5.23. The van der Waals surface area contributed by atoms with Gasteiger partial charge in [-0.1, -0.05) is 12.1 Å². The molecular formula is C15H14F4N2O. The summed E-state index contributed by atoms with van der Waals surface area (Å²) >= 11 is 0. The Morgan fingerprint density at radius 1 is 1.14 bits per heavy atom. The molecule has 0 aliphatic heterocycles. The summed E-state index contributed by atoms with van der Waals surface area (Å²) in [5.41, 5.74) is -0.467. The summed E-state index contributed by atoms with van der Waals surface area (Å²) in [5.74, 6) is -0.424. The maximum atomic E-state index is 12.8. The van der Waals surface area contributed by atoms with Crippen LogP contribution in [-0.4, -0.2) is 16.6 Å². The van der Waals surface area contributed by atoms with E-state index in [1.165, 1.54) is 36.5 Å². The molecule has 7 heteroatoms. The fraction of sp³-hybridized carbons (Fsp3) is 0.267. The summed E-state index contributed by atoms with van der Waals surface area (Å²) in [6.45, 7) is -0.104. The maximum absolute atomic E-state index is 12.8. The number of nitrogens with zero attached hydrogens (tertiary/aromatic N) is 1. The van der Waals surface area contributed by atoms with Gasteiger partial charge in [-0.05, 0) is 29.8 Å². The van der Waals surface area contributed by atoms with Crippen molar-refractivity contribution in [1.82, 2.24) is 10.3 Å². The molecule has 0 aliphatic rings. The molecule has 2 aromatic rings. The number of pyridine rings is 1. The molecule has 0 bridgehead atoms. The van der Waals surface area contributed by atoms with E-state index in [-0.39, 0.29) is 18.8 Å². The maximum Gasteiger partial charge on any atom is 0.418 e. The Bertz CT molecular complexity index is 614. The second-order valence-corrected chi connectivity index (χ2v) is 4.69. The fourth-order valence-electron chi connectivity index (χ4n) is 1.97. The lowest BCUT2D eigenvalue weighted by Crippen LogP contribution is -2.23. The highest BCUT2D eigenvalue weighted by Crippen LogP contribution is 2.30. The van der Waals surface area contributed by atoms with Crippen molar-refractivity contribution in [2.45, 2.75) is 18.8 Å². The molecule has 1 aromatic heterocycles. The molecule has 1 heterocycles. The van der Waals surface area contributed by atoms with Crippen molar-refractivity contribution in [3.8, 4) is 0 Å². The van der Waals surface area contributed by atoms with Gasteiger partial charge < -0.3 is 10.4 Å². The van der Waals surface area contributed by atoms with E-state index in [9.17, 15) is 22.7 Å². The third-order valence-corrected chi connectivity index (χ3v) is 3.08. The number of nitrogens with one attached hydrogen (secondary N) is 1. The molecule has 2 N–H and O–H groups in total. The van der Waals surface area contributed by atoms with Crippen LogP contribution >= 0.6 is 0 Å². The number of halogens is 4. The second kappa shape index (κ2) is 6.85. The Balaban J connectivity index is 1.95. The molecule has 0 radical (unpaired) electrons. The topological polar surface area (TPSA) is 45.1 Å². The van der Waals surface area contributed by atoms with Crippen LogP contribution in [0, 0.1) is 5.82 Å². The van der Waals surface area contributed by atoms with Gasteiger partial charge in [-0.3, -0.25) is 4.98 Å². The van der Waals surface area contributed by atoms with E-state index in [0.717, 1.165) is 6.07 Å². The minimum absolute atomic E-state index is 0.0273. The number of hydrogen-bond acceptors (Lipinski definition) is 3. The van der Waals surface area contributed by atoms with Gasteiger partial charge in [-0.15, -0.1) is 0 Å². The van der Waals surface area contributed by atoms with Crippen LogP contribution in [0.2, 0.25) is 0 Å². The third kappa shape index (κ3) is 4.25. The average Bonchev–Trinajstić information content (AvgIpc) is 2.47. The highest BCUT2D eigenvalue weighted by atomic mass is 19.4. The van der Waals surface area contributed by atoms with Gasteiger partial charge in [-0.25, -0.2) is 4.39 Å². The Morgan fingerprint density at radius 3 is 2.45 bits per heavy atom. The number of aromatic nitrogens is 1. The van der Waals surface area contributed by atoms with Gasteiger partial charge in [-0.2, -0.15) is 13.2 Å². The van der Waals surface area contributed by atoms with Crippen molar-refractivity contribution in [2.24, 2.45) is 0 Å². The number of benzene rings is 1. The van der Waals surface area contributed by atoms with Crippen molar-refractivity contribution >= 4 is 0 Å². The Labute approximate surface area is 124 Å². The number of hydrogen-bond donors (Lipinski definition) is 2. The number of rotatable bonds is 5. The molecule has 0 saturated heterocycles. The Hall–Kier alpha value is -1.99. The summed E-state index contributed by atoms with van der Waals surface area (Å²) in [7, 11) is 0. The standard InChI is InChI=1S/C15H14F4N2O/c16-11-5-3-10(4-6-11)14(22)9-20-8-13-12(15(17,18)19)2-1-7-21-13/h1-7,14,20,22H,8-9H2. The van der Waals surface area contributed by atoms with Crippen LogP contribution in [0.4, 0.5) is 17.6 Å². The first-order chi connectivity index (χ1) is 10.4. The molecule has 0 fully saturated rings. The highest BCUT2D eigenvalue weighted by Gasteiger charge is 2.33. The number of alkyl halides is 3.